The fourth-order valence-corrected chi connectivity index (χ4v) is 2.34. The highest BCUT2D eigenvalue weighted by Crippen LogP contribution is 2.34. The molecule has 0 aliphatic rings. The average molecular weight is 310 g/mol. The van der Waals surface area contributed by atoms with Crippen LogP contribution in [0.5, 0.6) is 0 Å². The Kier molecular flexibility index (Phi) is 4.59. The van der Waals surface area contributed by atoms with Crippen LogP contribution in [-0.2, 0) is 6.18 Å². The summed E-state index contributed by atoms with van der Waals surface area (Å²) < 4.78 is 39.3. The lowest BCUT2D eigenvalue weighted by atomic mass is 10.1. The number of aromatic amines is 1. The van der Waals surface area contributed by atoms with E-state index in [4.69, 9.17) is 0 Å². The van der Waals surface area contributed by atoms with E-state index in [9.17, 15) is 18.0 Å². The molecule has 118 valence electrons. The Balaban J connectivity index is 2.51. The number of H-pyrrole nitrogens is 1. The first-order valence-corrected chi connectivity index (χ1v) is 6.97. The fourth-order valence-electron chi connectivity index (χ4n) is 2.34. The van der Waals surface area contributed by atoms with Crippen molar-refractivity contribution in [1.29, 1.82) is 0 Å². The monoisotopic (exact) mass is 310 g/mol. The molecule has 0 radical (unpaired) electrons. The smallest absolute Gasteiger partial charge is 0.382 e. The van der Waals surface area contributed by atoms with Gasteiger partial charge in [-0.3, -0.25) is 4.79 Å². The maximum Gasteiger partial charge on any atom is 0.417 e. The fraction of sp³-hybridized carbons (Fsp3) is 0.312. The molecule has 22 heavy (non-hydrogen) atoms. The summed E-state index contributed by atoms with van der Waals surface area (Å²) in [6.07, 6.45) is -1.27. The van der Waals surface area contributed by atoms with Gasteiger partial charge in [-0.1, -0.05) is 13.0 Å². The van der Waals surface area contributed by atoms with Crippen LogP contribution in [0.2, 0.25) is 0 Å². The third-order valence-electron chi connectivity index (χ3n) is 3.46. The van der Waals surface area contributed by atoms with Crippen LogP contribution in [0, 0.1) is 0 Å². The van der Waals surface area contributed by atoms with Crippen molar-refractivity contribution in [3.8, 4) is 0 Å². The Morgan fingerprint density at radius 3 is 2.68 bits per heavy atom. The normalized spacial score (nSPS) is 13.1. The van der Waals surface area contributed by atoms with Crippen molar-refractivity contribution in [2.45, 2.75) is 32.0 Å². The van der Waals surface area contributed by atoms with Crippen LogP contribution in [-0.4, -0.2) is 11.0 Å². The number of aromatic nitrogens is 1. The van der Waals surface area contributed by atoms with E-state index < -0.39 is 17.3 Å². The van der Waals surface area contributed by atoms with Crippen LogP contribution in [0.4, 0.5) is 18.9 Å². The lowest BCUT2D eigenvalue weighted by molar-refractivity contribution is -0.136. The lowest BCUT2D eigenvalue weighted by Crippen LogP contribution is -2.18. The van der Waals surface area contributed by atoms with Crippen molar-refractivity contribution in [3.05, 3.63) is 52.8 Å². The minimum atomic E-state index is -4.57. The quantitative estimate of drug-likeness (QED) is 0.808. The summed E-state index contributed by atoms with van der Waals surface area (Å²) in [7, 11) is 0. The van der Waals surface area contributed by atoms with Crippen molar-refractivity contribution in [2.75, 3.05) is 5.32 Å². The Bertz CT molecular complexity index is 734. The maximum absolute atomic E-state index is 13.1. The highest BCUT2D eigenvalue weighted by Gasteiger charge is 2.33. The van der Waals surface area contributed by atoms with Crippen molar-refractivity contribution in [1.82, 2.24) is 4.98 Å². The molecule has 6 heteroatoms. The molecule has 2 rings (SSSR count). The number of fused-ring (bicyclic) bond motifs is 1. The highest BCUT2D eigenvalue weighted by atomic mass is 19.4. The summed E-state index contributed by atoms with van der Waals surface area (Å²) in [5.41, 5.74) is -0.939. The number of hydrogen-bond donors (Lipinski definition) is 2. The Morgan fingerprint density at radius 1 is 1.36 bits per heavy atom. The van der Waals surface area contributed by atoms with Gasteiger partial charge in [0, 0.05) is 28.7 Å². The van der Waals surface area contributed by atoms with E-state index in [0.29, 0.717) is 18.2 Å². The molecule has 1 aromatic heterocycles. The van der Waals surface area contributed by atoms with Crippen molar-refractivity contribution in [3.63, 3.8) is 0 Å². The molecule has 1 heterocycles. The minimum Gasteiger partial charge on any atom is -0.382 e. The molecule has 2 N–H and O–H groups in total. The van der Waals surface area contributed by atoms with Gasteiger partial charge in [0.1, 0.15) is 0 Å². The summed E-state index contributed by atoms with van der Waals surface area (Å²) in [6.45, 7) is 5.65. The number of hydrogen-bond acceptors (Lipinski definition) is 2. The molecule has 0 bridgehead atoms. The van der Waals surface area contributed by atoms with Crippen LogP contribution >= 0.6 is 0 Å². The molecule has 2 aromatic rings. The third kappa shape index (κ3) is 3.50. The van der Waals surface area contributed by atoms with E-state index in [-0.39, 0.29) is 16.9 Å². The standard InChI is InChI=1S/C16H17F3N2O/c1-3-5-10(4-2)20-11-6-7-14-12(8-11)13(16(17,18)19)9-15(22)21-14/h3,6-10,20H,1,4-5H2,2H3,(H,21,22). The molecule has 0 saturated carbocycles. The van der Waals surface area contributed by atoms with Gasteiger partial charge in [-0.25, -0.2) is 0 Å². The van der Waals surface area contributed by atoms with Crippen LogP contribution in [0.15, 0.2) is 41.7 Å². The second-order valence-electron chi connectivity index (χ2n) is 5.08. The summed E-state index contributed by atoms with van der Waals surface area (Å²) in [6, 6.07) is 5.25. The number of alkyl halides is 3. The van der Waals surface area contributed by atoms with Crippen LogP contribution in [0.1, 0.15) is 25.3 Å². The van der Waals surface area contributed by atoms with Crippen LogP contribution in [0.3, 0.4) is 0 Å². The van der Waals surface area contributed by atoms with Crippen LogP contribution < -0.4 is 10.9 Å². The van der Waals surface area contributed by atoms with E-state index in [1.165, 1.54) is 12.1 Å². The zero-order chi connectivity index (χ0) is 16.3. The molecule has 0 saturated heterocycles. The number of anilines is 1. The first kappa shape index (κ1) is 16.1. The average Bonchev–Trinajstić information content (AvgIpc) is 2.45. The van der Waals surface area contributed by atoms with Gasteiger partial charge in [0.15, 0.2) is 0 Å². The number of halogens is 3. The molecule has 0 amide bonds. The van der Waals surface area contributed by atoms with Crippen molar-refractivity contribution in [2.24, 2.45) is 0 Å². The van der Waals surface area contributed by atoms with E-state index in [1.54, 1.807) is 12.1 Å². The predicted molar refractivity (Wildman–Crippen MR) is 82.1 cm³/mol. The summed E-state index contributed by atoms with van der Waals surface area (Å²) >= 11 is 0. The lowest BCUT2D eigenvalue weighted by Gasteiger charge is -2.17. The first-order valence-electron chi connectivity index (χ1n) is 6.97. The molecule has 1 unspecified atom stereocenters. The van der Waals surface area contributed by atoms with Crippen molar-refractivity contribution >= 4 is 16.6 Å². The molecule has 0 spiro atoms. The van der Waals surface area contributed by atoms with Gasteiger partial charge in [0.05, 0.1) is 5.56 Å². The number of nitrogens with one attached hydrogen (secondary N) is 2. The maximum atomic E-state index is 13.1. The molecule has 0 fully saturated rings. The molecule has 0 aliphatic carbocycles. The van der Waals surface area contributed by atoms with Gasteiger partial charge in [0.2, 0.25) is 5.56 Å². The topological polar surface area (TPSA) is 44.9 Å². The van der Waals surface area contributed by atoms with Gasteiger partial charge in [0.25, 0.3) is 0 Å². The predicted octanol–water partition coefficient (Wildman–Crippen LogP) is 4.31. The second kappa shape index (κ2) is 6.25. The van der Waals surface area contributed by atoms with Crippen molar-refractivity contribution < 1.29 is 13.2 Å². The van der Waals surface area contributed by atoms with Gasteiger partial charge in [-0.2, -0.15) is 13.2 Å². The Labute approximate surface area is 125 Å². The summed E-state index contributed by atoms with van der Waals surface area (Å²) in [5, 5.41) is 3.16. The second-order valence-corrected chi connectivity index (χ2v) is 5.08. The Morgan fingerprint density at radius 2 is 2.09 bits per heavy atom. The number of rotatable bonds is 5. The zero-order valence-corrected chi connectivity index (χ0v) is 12.1. The Hall–Kier alpha value is -2.24. The third-order valence-corrected chi connectivity index (χ3v) is 3.46. The van der Waals surface area contributed by atoms with E-state index in [1.807, 2.05) is 6.92 Å². The highest BCUT2D eigenvalue weighted by molar-refractivity contribution is 5.85. The van der Waals surface area contributed by atoms with Gasteiger partial charge in [-0.15, -0.1) is 6.58 Å². The largest absolute Gasteiger partial charge is 0.417 e. The van der Waals surface area contributed by atoms with Gasteiger partial charge < -0.3 is 10.3 Å². The van der Waals surface area contributed by atoms with E-state index >= 15 is 0 Å². The summed E-state index contributed by atoms with van der Waals surface area (Å²) in [5.74, 6) is 0. The molecule has 1 atom stereocenters. The summed E-state index contributed by atoms with van der Waals surface area (Å²) in [4.78, 5) is 13.8. The molecular weight excluding hydrogens is 293 g/mol. The van der Waals surface area contributed by atoms with Gasteiger partial charge >= 0.3 is 6.18 Å². The van der Waals surface area contributed by atoms with E-state index in [2.05, 4.69) is 16.9 Å². The molecular formula is C16H17F3N2O. The first-order chi connectivity index (χ1) is 10.3. The van der Waals surface area contributed by atoms with Gasteiger partial charge in [-0.05, 0) is 31.0 Å². The number of benzene rings is 1. The number of pyridine rings is 1. The SMILES string of the molecule is C=CCC(CC)Nc1ccc2[nH]c(=O)cc(C(F)(F)F)c2c1. The van der Waals surface area contributed by atoms with Crippen LogP contribution in [0.25, 0.3) is 10.9 Å². The molecule has 3 nitrogen and oxygen atoms in total. The molecule has 0 aliphatic heterocycles. The van der Waals surface area contributed by atoms with E-state index in [0.717, 1.165) is 6.42 Å². The zero-order valence-electron chi connectivity index (χ0n) is 12.1. The minimum absolute atomic E-state index is 0.0226. The molecule has 1 aromatic carbocycles.